The first-order valence-electron chi connectivity index (χ1n) is 6.67. The molecule has 23 heavy (non-hydrogen) atoms. The molecule has 7 nitrogen and oxygen atoms in total. The number of nitrogens with zero attached hydrogens (tertiary/aromatic N) is 1. The summed E-state index contributed by atoms with van der Waals surface area (Å²) in [6, 6.07) is 13.3. The number of carbonyl (C=O) groups is 1. The van der Waals surface area contributed by atoms with Crippen LogP contribution in [-0.2, 0) is 14.8 Å². The topological polar surface area (TPSA) is 121 Å². The smallest absolute Gasteiger partial charge is 0.265 e. The standard InChI is InChI=1S/C15H16N2O5S/c16-15(19)14(10-18)17(20)23(21,22)13-8-6-12(7-9-13)11-4-2-1-3-5-11/h1-9,14,18,20H,10H2,(H2,16,19)/t14-/m0/s1. The van der Waals surface area contributed by atoms with Crippen molar-refractivity contribution in [1.29, 1.82) is 0 Å². The van der Waals surface area contributed by atoms with Gasteiger partial charge in [-0.05, 0) is 23.3 Å². The van der Waals surface area contributed by atoms with Gasteiger partial charge in [-0.25, -0.2) is 8.42 Å². The number of primary amides is 1. The Kier molecular flexibility index (Phi) is 5.12. The molecular weight excluding hydrogens is 320 g/mol. The Morgan fingerprint density at radius 2 is 1.57 bits per heavy atom. The number of aliphatic hydroxyl groups excluding tert-OH is 1. The van der Waals surface area contributed by atoms with E-state index >= 15 is 0 Å². The Bertz CT molecular complexity index is 775. The van der Waals surface area contributed by atoms with Gasteiger partial charge >= 0.3 is 0 Å². The highest BCUT2D eigenvalue weighted by Crippen LogP contribution is 2.23. The van der Waals surface area contributed by atoms with Crippen molar-refractivity contribution >= 4 is 15.9 Å². The number of hydroxylamine groups is 1. The number of rotatable bonds is 6. The molecule has 0 aliphatic carbocycles. The summed E-state index contributed by atoms with van der Waals surface area (Å²) in [5.74, 6) is -1.15. The minimum atomic E-state index is -4.37. The van der Waals surface area contributed by atoms with Gasteiger partial charge in [0.2, 0.25) is 5.91 Å². The van der Waals surface area contributed by atoms with E-state index in [0.717, 1.165) is 11.1 Å². The molecule has 0 radical (unpaired) electrons. The number of hydrogen-bond donors (Lipinski definition) is 3. The fourth-order valence-corrected chi connectivity index (χ4v) is 3.20. The number of benzene rings is 2. The highest BCUT2D eigenvalue weighted by atomic mass is 32.2. The maximum atomic E-state index is 12.2. The summed E-state index contributed by atoms with van der Waals surface area (Å²) in [6.07, 6.45) is 0. The minimum Gasteiger partial charge on any atom is -0.394 e. The van der Waals surface area contributed by atoms with Crippen molar-refractivity contribution in [2.75, 3.05) is 6.61 Å². The van der Waals surface area contributed by atoms with Gasteiger partial charge in [0.15, 0.2) is 6.04 Å². The van der Waals surface area contributed by atoms with Gasteiger partial charge in [0.05, 0.1) is 11.5 Å². The molecule has 2 aromatic rings. The van der Waals surface area contributed by atoms with E-state index < -0.39 is 28.6 Å². The zero-order valence-corrected chi connectivity index (χ0v) is 12.8. The van der Waals surface area contributed by atoms with Crippen LogP contribution in [0.4, 0.5) is 0 Å². The summed E-state index contributed by atoms with van der Waals surface area (Å²) in [7, 11) is -4.37. The summed E-state index contributed by atoms with van der Waals surface area (Å²) in [6.45, 7) is -0.923. The molecule has 0 fully saturated rings. The monoisotopic (exact) mass is 336 g/mol. The van der Waals surface area contributed by atoms with Crippen LogP contribution >= 0.6 is 0 Å². The van der Waals surface area contributed by atoms with Gasteiger partial charge in [-0.3, -0.25) is 10.0 Å². The molecule has 0 saturated heterocycles. The van der Waals surface area contributed by atoms with Crippen LogP contribution in [0.3, 0.4) is 0 Å². The molecule has 0 spiro atoms. The van der Waals surface area contributed by atoms with E-state index in [4.69, 9.17) is 10.8 Å². The number of sulfonamides is 1. The molecule has 0 unspecified atom stereocenters. The van der Waals surface area contributed by atoms with Crippen molar-refractivity contribution in [3.8, 4) is 11.1 Å². The van der Waals surface area contributed by atoms with Gasteiger partial charge in [-0.1, -0.05) is 46.9 Å². The second-order valence-corrected chi connectivity index (χ2v) is 6.56. The van der Waals surface area contributed by atoms with Crippen molar-refractivity contribution in [1.82, 2.24) is 4.47 Å². The third-order valence-corrected chi connectivity index (χ3v) is 4.89. The molecule has 0 aromatic heterocycles. The minimum absolute atomic E-state index is 0.215. The summed E-state index contributed by atoms with van der Waals surface area (Å²) >= 11 is 0. The highest BCUT2D eigenvalue weighted by molar-refractivity contribution is 7.89. The number of carbonyl (C=O) groups excluding carboxylic acids is 1. The number of amides is 1. The van der Waals surface area contributed by atoms with Crippen LogP contribution in [0.1, 0.15) is 0 Å². The van der Waals surface area contributed by atoms with Crippen LogP contribution in [-0.4, -0.2) is 41.8 Å². The third kappa shape index (κ3) is 3.57. The average Bonchev–Trinajstić information content (AvgIpc) is 2.56. The Hall–Kier alpha value is -2.26. The molecule has 0 aliphatic heterocycles. The largest absolute Gasteiger partial charge is 0.394 e. The summed E-state index contributed by atoms with van der Waals surface area (Å²) in [4.78, 5) is 10.9. The van der Waals surface area contributed by atoms with Crippen molar-refractivity contribution < 1.29 is 23.5 Å². The molecule has 0 bridgehead atoms. The fraction of sp³-hybridized carbons (Fsp3) is 0.133. The summed E-state index contributed by atoms with van der Waals surface area (Å²) < 4.78 is 24.3. The SMILES string of the molecule is NC(=O)[C@H](CO)N(O)S(=O)(=O)c1ccc(-c2ccccc2)cc1. The maximum absolute atomic E-state index is 12.2. The molecule has 8 heteroatoms. The average molecular weight is 336 g/mol. The zero-order valence-electron chi connectivity index (χ0n) is 12.0. The molecule has 1 amide bonds. The molecule has 122 valence electrons. The third-order valence-electron chi connectivity index (χ3n) is 3.27. The number of hydrogen-bond acceptors (Lipinski definition) is 5. The quantitative estimate of drug-likeness (QED) is 0.666. The second-order valence-electron chi connectivity index (χ2n) is 4.77. The number of aliphatic hydroxyl groups is 1. The lowest BCUT2D eigenvalue weighted by Gasteiger charge is -2.21. The van der Waals surface area contributed by atoms with E-state index in [9.17, 15) is 18.4 Å². The van der Waals surface area contributed by atoms with E-state index in [1.165, 1.54) is 12.1 Å². The summed E-state index contributed by atoms with van der Waals surface area (Å²) in [5.41, 5.74) is 6.66. The lowest BCUT2D eigenvalue weighted by Crippen LogP contribution is -2.48. The van der Waals surface area contributed by atoms with E-state index in [1.807, 2.05) is 30.3 Å². The molecular formula is C15H16N2O5S. The van der Waals surface area contributed by atoms with Gasteiger partial charge in [-0.15, -0.1) is 0 Å². The lowest BCUT2D eigenvalue weighted by atomic mass is 10.1. The van der Waals surface area contributed by atoms with E-state index in [1.54, 1.807) is 12.1 Å². The predicted molar refractivity (Wildman–Crippen MR) is 82.8 cm³/mol. The first-order valence-corrected chi connectivity index (χ1v) is 8.11. The number of nitrogens with two attached hydrogens (primary N) is 1. The molecule has 0 heterocycles. The van der Waals surface area contributed by atoms with Gasteiger partial charge in [0, 0.05) is 0 Å². The summed E-state index contributed by atoms with van der Waals surface area (Å²) in [5, 5.41) is 18.7. The Balaban J connectivity index is 2.32. The van der Waals surface area contributed by atoms with E-state index in [0.29, 0.717) is 0 Å². The van der Waals surface area contributed by atoms with E-state index in [-0.39, 0.29) is 9.36 Å². The highest BCUT2D eigenvalue weighted by Gasteiger charge is 2.33. The van der Waals surface area contributed by atoms with Crippen molar-refractivity contribution in [2.45, 2.75) is 10.9 Å². The van der Waals surface area contributed by atoms with Gasteiger partial charge in [0.1, 0.15) is 0 Å². The molecule has 2 rings (SSSR count). The van der Waals surface area contributed by atoms with Crippen molar-refractivity contribution in [3.05, 3.63) is 54.6 Å². The van der Waals surface area contributed by atoms with Crippen LogP contribution in [0.5, 0.6) is 0 Å². The molecule has 4 N–H and O–H groups in total. The first kappa shape index (κ1) is 17.1. The first-order chi connectivity index (χ1) is 10.9. The molecule has 0 aliphatic rings. The van der Waals surface area contributed by atoms with Crippen molar-refractivity contribution in [2.24, 2.45) is 5.73 Å². The lowest BCUT2D eigenvalue weighted by molar-refractivity contribution is -0.133. The van der Waals surface area contributed by atoms with Gasteiger partial charge < -0.3 is 10.8 Å². The predicted octanol–water partition coefficient (Wildman–Crippen LogP) is 0.580. The normalized spacial score (nSPS) is 13.0. The second kappa shape index (κ2) is 6.88. The Labute approximate surface area is 133 Å². The Morgan fingerprint density at radius 3 is 2.04 bits per heavy atom. The van der Waals surface area contributed by atoms with Crippen LogP contribution in [0.2, 0.25) is 0 Å². The maximum Gasteiger partial charge on any atom is 0.265 e. The Morgan fingerprint density at radius 1 is 1.04 bits per heavy atom. The van der Waals surface area contributed by atoms with E-state index in [2.05, 4.69) is 0 Å². The van der Waals surface area contributed by atoms with Gasteiger partial charge in [-0.2, -0.15) is 0 Å². The van der Waals surface area contributed by atoms with Crippen LogP contribution in [0, 0.1) is 0 Å². The molecule has 1 atom stereocenters. The van der Waals surface area contributed by atoms with Crippen molar-refractivity contribution in [3.63, 3.8) is 0 Å². The zero-order chi connectivity index (χ0) is 17.0. The molecule has 0 saturated carbocycles. The van der Waals surface area contributed by atoms with Crippen LogP contribution < -0.4 is 5.73 Å². The molecule has 2 aromatic carbocycles. The van der Waals surface area contributed by atoms with Gasteiger partial charge in [0.25, 0.3) is 10.0 Å². The van der Waals surface area contributed by atoms with Crippen LogP contribution in [0.25, 0.3) is 11.1 Å². The fourth-order valence-electron chi connectivity index (χ4n) is 1.99. The van der Waals surface area contributed by atoms with Crippen LogP contribution in [0.15, 0.2) is 59.5 Å².